The van der Waals surface area contributed by atoms with Crippen LogP contribution in [0.25, 0.3) is 17.3 Å². The standard InChI is InChI=1S/C27H23Cl2N3O3/c28-20-9-10-24(22(29)14-20)32-26-19(13-17-11-12-35-16-17)7-4-8-21(26)25(31-32)27(34)30-23(15-33)18-5-2-1-3-6-18/h1-3,5-6,9-14,16,23,33H,4,7-8,15H2,(H,30,34)/t23-/m1/s1. The quantitative estimate of drug-likeness (QED) is 0.329. The molecule has 0 unspecified atom stereocenters. The molecule has 35 heavy (non-hydrogen) atoms. The molecule has 8 heteroatoms. The lowest BCUT2D eigenvalue weighted by atomic mass is 9.90. The van der Waals surface area contributed by atoms with Gasteiger partial charge in [-0.05, 0) is 60.7 Å². The highest BCUT2D eigenvalue weighted by Gasteiger charge is 2.30. The maximum absolute atomic E-state index is 13.5. The number of carbonyl (C=O) groups excluding carboxylic acids is 1. The number of rotatable bonds is 6. The Kier molecular flexibility index (Phi) is 6.77. The Morgan fingerprint density at radius 2 is 2.00 bits per heavy atom. The molecule has 2 aromatic carbocycles. The van der Waals surface area contributed by atoms with Crippen molar-refractivity contribution in [3.05, 3.63) is 105 Å². The maximum Gasteiger partial charge on any atom is 0.272 e. The molecule has 2 aromatic heterocycles. The molecule has 1 aliphatic carbocycles. The number of allylic oxidation sites excluding steroid dienone is 1. The summed E-state index contributed by atoms with van der Waals surface area (Å²) in [6.07, 6.45) is 7.74. The third-order valence-electron chi connectivity index (χ3n) is 6.09. The number of nitrogens with zero attached hydrogens (tertiary/aromatic N) is 2. The largest absolute Gasteiger partial charge is 0.472 e. The molecular formula is C27H23Cl2N3O3. The lowest BCUT2D eigenvalue weighted by Crippen LogP contribution is -2.31. The lowest BCUT2D eigenvalue weighted by Gasteiger charge is -2.19. The van der Waals surface area contributed by atoms with Gasteiger partial charge in [-0.15, -0.1) is 0 Å². The number of furan rings is 1. The van der Waals surface area contributed by atoms with E-state index in [1.54, 1.807) is 35.4 Å². The molecule has 4 aromatic rings. The fraction of sp³-hybridized carbons (Fsp3) is 0.185. The van der Waals surface area contributed by atoms with E-state index in [0.29, 0.717) is 27.8 Å². The van der Waals surface area contributed by atoms with Crippen molar-refractivity contribution in [3.63, 3.8) is 0 Å². The number of fused-ring (bicyclic) bond motifs is 1. The highest BCUT2D eigenvalue weighted by molar-refractivity contribution is 6.35. The van der Waals surface area contributed by atoms with E-state index < -0.39 is 6.04 Å². The first-order chi connectivity index (χ1) is 17.0. The smallest absolute Gasteiger partial charge is 0.272 e. The Balaban J connectivity index is 1.61. The third-order valence-corrected chi connectivity index (χ3v) is 6.63. The number of aliphatic hydroxyl groups excluding tert-OH is 1. The van der Waals surface area contributed by atoms with Crippen LogP contribution in [-0.2, 0) is 6.42 Å². The number of carbonyl (C=O) groups is 1. The zero-order valence-electron chi connectivity index (χ0n) is 18.7. The molecule has 1 amide bonds. The molecule has 0 spiro atoms. The molecule has 5 rings (SSSR count). The van der Waals surface area contributed by atoms with Crippen molar-refractivity contribution >= 4 is 40.8 Å². The molecule has 1 aliphatic rings. The van der Waals surface area contributed by atoms with Crippen molar-refractivity contribution in [2.75, 3.05) is 6.61 Å². The first kappa shape index (κ1) is 23.4. The van der Waals surface area contributed by atoms with Gasteiger partial charge in [-0.25, -0.2) is 4.68 Å². The van der Waals surface area contributed by atoms with Gasteiger partial charge in [0.05, 0.1) is 41.6 Å². The Bertz CT molecular complexity index is 1380. The summed E-state index contributed by atoms with van der Waals surface area (Å²) in [6.45, 7) is -0.229. The number of aliphatic hydroxyl groups is 1. The summed E-state index contributed by atoms with van der Waals surface area (Å²) in [5.41, 5.74) is 5.42. The van der Waals surface area contributed by atoms with Crippen LogP contribution in [0.2, 0.25) is 10.0 Å². The van der Waals surface area contributed by atoms with Crippen LogP contribution in [-0.4, -0.2) is 27.4 Å². The van der Waals surface area contributed by atoms with Crippen molar-refractivity contribution in [1.29, 1.82) is 0 Å². The lowest BCUT2D eigenvalue weighted by molar-refractivity contribution is 0.0909. The second-order valence-electron chi connectivity index (χ2n) is 8.38. The van der Waals surface area contributed by atoms with Crippen LogP contribution in [0.3, 0.4) is 0 Å². The number of amides is 1. The van der Waals surface area contributed by atoms with E-state index in [4.69, 9.17) is 32.7 Å². The zero-order valence-corrected chi connectivity index (χ0v) is 20.3. The van der Waals surface area contributed by atoms with Crippen molar-refractivity contribution in [1.82, 2.24) is 15.1 Å². The molecule has 0 saturated heterocycles. The Hall–Kier alpha value is -3.32. The van der Waals surface area contributed by atoms with Crippen molar-refractivity contribution in [2.45, 2.75) is 25.3 Å². The number of hydrogen-bond acceptors (Lipinski definition) is 4. The average Bonchev–Trinajstić information content (AvgIpc) is 3.52. The van der Waals surface area contributed by atoms with E-state index in [1.165, 1.54) is 0 Å². The molecule has 2 N–H and O–H groups in total. The molecule has 0 bridgehead atoms. The summed E-state index contributed by atoms with van der Waals surface area (Å²) in [5, 5.41) is 18.6. The number of nitrogens with one attached hydrogen (secondary N) is 1. The van der Waals surface area contributed by atoms with E-state index in [9.17, 15) is 9.90 Å². The van der Waals surface area contributed by atoms with E-state index in [1.807, 2.05) is 42.5 Å². The molecule has 0 saturated carbocycles. The summed E-state index contributed by atoms with van der Waals surface area (Å²) in [5.74, 6) is -0.349. The number of aromatic nitrogens is 2. The predicted octanol–water partition coefficient (Wildman–Crippen LogP) is 6.11. The first-order valence-electron chi connectivity index (χ1n) is 11.3. The van der Waals surface area contributed by atoms with Crippen LogP contribution in [0.5, 0.6) is 0 Å². The molecule has 1 atom stereocenters. The molecule has 0 aliphatic heterocycles. The number of halogens is 2. The summed E-state index contributed by atoms with van der Waals surface area (Å²) in [6, 6.07) is 15.9. The fourth-order valence-electron chi connectivity index (χ4n) is 4.45. The SMILES string of the molecule is O=C(N[C@H](CO)c1ccccc1)c1nn(-c2ccc(Cl)cc2Cl)c2c1CCCC2=Cc1ccoc1. The second-order valence-corrected chi connectivity index (χ2v) is 9.23. The molecule has 0 radical (unpaired) electrons. The molecule has 2 heterocycles. The van der Waals surface area contributed by atoms with E-state index >= 15 is 0 Å². The fourth-order valence-corrected chi connectivity index (χ4v) is 4.93. The van der Waals surface area contributed by atoms with E-state index in [2.05, 4.69) is 5.32 Å². The molecule has 0 fully saturated rings. The van der Waals surface area contributed by atoms with Crippen LogP contribution in [0, 0.1) is 0 Å². The molecule has 178 valence electrons. The van der Waals surface area contributed by atoms with E-state index in [-0.39, 0.29) is 12.5 Å². The highest BCUT2D eigenvalue weighted by atomic mass is 35.5. The maximum atomic E-state index is 13.5. The van der Waals surface area contributed by atoms with Crippen molar-refractivity contribution in [3.8, 4) is 5.69 Å². The van der Waals surface area contributed by atoms with Crippen molar-refractivity contribution in [2.24, 2.45) is 0 Å². The monoisotopic (exact) mass is 507 g/mol. The second kappa shape index (κ2) is 10.1. The van der Waals surface area contributed by atoms with Crippen LogP contribution in [0.1, 0.15) is 51.8 Å². The van der Waals surface area contributed by atoms with Gasteiger partial charge < -0.3 is 14.8 Å². The normalized spacial score (nSPS) is 15.1. The summed E-state index contributed by atoms with van der Waals surface area (Å²) in [4.78, 5) is 13.5. The van der Waals surface area contributed by atoms with Gasteiger partial charge in [-0.1, -0.05) is 53.5 Å². The Morgan fingerprint density at radius 1 is 1.17 bits per heavy atom. The van der Waals surface area contributed by atoms with Gasteiger partial charge in [0.15, 0.2) is 5.69 Å². The van der Waals surface area contributed by atoms with Crippen molar-refractivity contribution < 1.29 is 14.3 Å². The molecular weight excluding hydrogens is 485 g/mol. The summed E-state index contributed by atoms with van der Waals surface area (Å²) < 4.78 is 6.97. The van der Waals surface area contributed by atoms with Gasteiger partial charge in [-0.2, -0.15) is 5.10 Å². The first-order valence-corrected chi connectivity index (χ1v) is 12.1. The van der Waals surface area contributed by atoms with Gasteiger partial charge in [-0.3, -0.25) is 4.79 Å². The Morgan fingerprint density at radius 3 is 2.71 bits per heavy atom. The topological polar surface area (TPSA) is 80.3 Å². The number of hydrogen-bond donors (Lipinski definition) is 2. The Labute approximate surface area is 212 Å². The van der Waals surface area contributed by atoms with Gasteiger partial charge in [0.25, 0.3) is 5.91 Å². The number of benzene rings is 2. The van der Waals surface area contributed by atoms with Gasteiger partial charge in [0.1, 0.15) is 0 Å². The minimum atomic E-state index is -0.548. The molecule has 6 nitrogen and oxygen atoms in total. The van der Waals surface area contributed by atoms with Crippen LogP contribution >= 0.6 is 23.2 Å². The van der Waals surface area contributed by atoms with Crippen LogP contribution in [0.4, 0.5) is 0 Å². The van der Waals surface area contributed by atoms with Crippen LogP contribution < -0.4 is 5.32 Å². The van der Waals surface area contributed by atoms with Gasteiger partial charge >= 0.3 is 0 Å². The minimum Gasteiger partial charge on any atom is -0.472 e. The van der Waals surface area contributed by atoms with Crippen LogP contribution in [0.15, 0.2) is 71.5 Å². The average molecular weight is 508 g/mol. The summed E-state index contributed by atoms with van der Waals surface area (Å²) >= 11 is 12.7. The summed E-state index contributed by atoms with van der Waals surface area (Å²) in [7, 11) is 0. The minimum absolute atomic E-state index is 0.229. The van der Waals surface area contributed by atoms with Gasteiger partial charge in [0, 0.05) is 16.1 Å². The van der Waals surface area contributed by atoms with E-state index in [0.717, 1.165) is 40.8 Å². The predicted molar refractivity (Wildman–Crippen MR) is 137 cm³/mol. The van der Waals surface area contributed by atoms with Gasteiger partial charge in [0.2, 0.25) is 0 Å². The highest BCUT2D eigenvalue weighted by Crippen LogP contribution is 2.37. The third kappa shape index (κ3) is 4.78. The zero-order chi connectivity index (χ0) is 24.4.